The van der Waals surface area contributed by atoms with Crippen molar-refractivity contribution < 1.29 is 9.53 Å². The highest BCUT2D eigenvalue weighted by Crippen LogP contribution is 2.23. The highest BCUT2D eigenvalue weighted by atomic mass is 16.6. The van der Waals surface area contributed by atoms with E-state index in [1.165, 1.54) is 0 Å². The minimum atomic E-state index is -0.524. The lowest BCUT2D eigenvalue weighted by Crippen LogP contribution is -2.17. The summed E-state index contributed by atoms with van der Waals surface area (Å²) in [4.78, 5) is 16.5. The molecule has 1 heterocycles. The van der Waals surface area contributed by atoms with Gasteiger partial charge in [0.2, 0.25) is 0 Å². The second-order valence-corrected chi connectivity index (χ2v) is 5.09. The molecule has 3 aromatic rings. The molecule has 0 unspecified atom stereocenters. The second kappa shape index (κ2) is 5.85. The maximum Gasteiger partial charge on any atom is 0.417 e. The molecule has 22 heavy (non-hydrogen) atoms. The molecule has 1 amide bonds. The molecular formula is C18H16N2O2. The van der Waals surface area contributed by atoms with Crippen molar-refractivity contribution in [2.45, 2.75) is 13.8 Å². The molecule has 0 radical (unpaired) electrons. The highest BCUT2D eigenvalue weighted by Gasteiger charge is 2.10. The number of carbonyl (C=O) groups excluding carboxylic acids is 1. The van der Waals surface area contributed by atoms with Crippen molar-refractivity contribution in [3.05, 3.63) is 65.9 Å². The van der Waals surface area contributed by atoms with Gasteiger partial charge in [-0.15, -0.1) is 0 Å². The highest BCUT2D eigenvalue weighted by molar-refractivity contribution is 5.92. The zero-order valence-corrected chi connectivity index (χ0v) is 12.5. The van der Waals surface area contributed by atoms with E-state index in [0.29, 0.717) is 11.4 Å². The fourth-order valence-corrected chi connectivity index (χ4v) is 2.30. The smallest absolute Gasteiger partial charge is 0.410 e. The minimum absolute atomic E-state index is 0.502. The normalized spacial score (nSPS) is 10.5. The van der Waals surface area contributed by atoms with E-state index >= 15 is 0 Å². The van der Waals surface area contributed by atoms with E-state index in [1.54, 1.807) is 12.1 Å². The Morgan fingerprint density at radius 2 is 1.82 bits per heavy atom. The summed E-state index contributed by atoms with van der Waals surface area (Å²) in [6, 6.07) is 16.8. The standard InChI is InChI=1S/C18H16N2O2/c1-12-7-6-10-16-15(12)11-17(13(2)19-16)20-18(21)22-14-8-4-3-5-9-14/h3-11H,1-2H3,(H,20,21). The number of fused-ring (bicyclic) bond motifs is 1. The number of hydrogen-bond donors (Lipinski definition) is 1. The van der Waals surface area contributed by atoms with Gasteiger partial charge in [-0.1, -0.05) is 30.3 Å². The lowest BCUT2D eigenvalue weighted by atomic mass is 10.1. The molecule has 0 aliphatic heterocycles. The maximum atomic E-state index is 12.0. The topological polar surface area (TPSA) is 51.2 Å². The van der Waals surface area contributed by atoms with E-state index < -0.39 is 6.09 Å². The molecular weight excluding hydrogens is 276 g/mol. The third-order valence-electron chi connectivity index (χ3n) is 3.46. The number of ether oxygens (including phenoxy) is 1. The van der Waals surface area contributed by atoms with Crippen LogP contribution in [0.1, 0.15) is 11.3 Å². The number of anilines is 1. The predicted octanol–water partition coefficient (Wildman–Crippen LogP) is 4.46. The average molecular weight is 292 g/mol. The molecule has 1 aromatic heterocycles. The van der Waals surface area contributed by atoms with Crippen molar-refractivity contribution >= 4 is 22.7 Å². The first-order chi connectivity index (χ1) is 10.6. The van der Waals surface area contributed by atoms with Gasteiger partial charge in [0.1, 0.15) is 5.75 Å². The Labute approximate surface area is 128 Å². The number of nitrogens with one attached hydrogen (secondary N) is 1. The summed E-state index contributed by atoms with van der Waals surface area (Å²) in [5, 5.41) is 3.77. The fourth-order valence-electron chi connectivity index (χ4n) is 2.30. The number of nitrogens with zero attached hydrogens (tertiary/aromatic N) is 1. The minimum Gasteiger partial charge on any atom is -0.410 e. The molecule has 110 valence electrons. The van der Waals surface area contributed by atoms with Crippen LogP contribution in [0.25, 0.3) is 10.9 Å². The van der Waals surface area contributed by atoms with Gasteiger partial charge >= 0.3 is 6.09 Å². The van der Waals surface area contributed by atoms with Gasteiger partial charge in [-0.3, -0.25) is 10.3 Å². The third kappa shape index (κ3) is 2.91. The summed E-state index contributed by atoms with van der Waals surface area (Å²) >= 11 is 0. The van der Waals surface area contributed by atoms with Crippen molar-refractivity contribution in [1.82, 2.24) is 4.98 Å². The van der Waals surface area contributed by atoms with Gasteiger partial charge in [0.25, 0.3) is 0 Å². The van der Waals surface area contributed by atoms with Crippen LogP contribution >= 0.6 is 0 Å². The van der Waals surface area contributed by atoms with Gasteiger partial charge in [0.05, 0.1) is 16.9 Å². The maximum absolute atomic E-state index is 12.0. The SMILES string of the molecule is Cc1nc2cccc(C)c2cc1NC(=O)Oc1ccccc1. The van der Waals surface area contributed by atoms with Crippen LogP contribution in [0.15, 0.2) is 54.6 Å². The van der Waals surface area contributed by atoms with Crippen LogP contribution in [0.4, 0.5) is 10.5 Å². The predicted molar refractivity (Wildman–Crippen MR) is 87.3 cm³/mol. The lowest BCUT2D eigenvalue weighted by Gasteiger charge is -2.11. The molecule has 0 atom stereocenters. The fraction of sp³-hybridized carbons (Fsp3) is 0.111. The zero-order valence-electron chi connectivity index (χ0n) is 12.5. The first kappa shape index (κ1) is 14.1. The van der Waals surface area contributed by atoms with Gasteiger partial charge in [-0.25, -0.2) is 4.79 Å². The monoisotopic (exact) mass is 292 g/mol. The number of aromatic nitrogens is 1. The van der Waals surface area contributed by atoms with Crippen molar-refractivity contribution in [2.24, 2.45) is 0 Å². The third-order valence-corrected chi connectivity index (χ3v) is 3.46. The lowest BCUT2D eigenvalue weighted by molar-refractivity contribution is 0.215. The van der Waals surface area contributed by atoms with Gasteiger partial charge in [0, 0.05) is 5.39 Å². The molecule has 2 aromatic carbocycles. The first-order valence-electron chi connectivity index (χ1n) is 7.04. The van der Waals surface area contributed by atoms with Crippen LogP contribution in [-0.2, 0) is 0 Å². The van der Waals surface area contributed by atoms with E-state index in [2.05, 4.69) is 10.3 Å². The summed E-state index contributed by atoms with van der Waals surface area (Å²) in [5.41, 5.74) is 3.44. The number of para-hydroxylation sites is 1. The van der Waals surface area contributed by atoms with E-state index in [0.717, 1.165) is 22.2 Å². The van der Waals surface area contributed by atoms with Crippen LogP contribution in [0.3, 0.4) is 0 Å². The van der Waals surface area contributed by atoms with Crippen LogP contribution in [0.5, 0.6) is 5.75 Å². The molecule has 0 bridgehead atoms. The summed E-state index contributed by atoms with van der Waals surface area (Å²) in [7, 11) is 0. The summed E-state index contributed by atoms with van der Waals surface area (Å²) in [6.07, 6.45) is -0.524. The van der Waals surface area contributed by atoms with E-state index in [-0.39, 0.29) is 0 Å². The zero-order chi connectivity index (χ0) is 15.5. The van der Waals surface area contributed by atoms with E-state index in [4.69, 9.17) is 4.74 Å². The Morgan fingerprint density at radius 1 is 1.05 bits per heavy atom. The molecule has 4 heteroatoms. The molecule has 0 saturated carbocycles. The Hall–Kier alpha value is -2.88. The average Bonchev–Trinajstić information content (AvgIpc) is 2.50. The Balaban J connectivity index is 1.85. The van der Waals surface area contributed by atoms with E-state index in [9.17, 15) is 4.79 Å². The molecule has 0 fully saturated rings. The number of pyridine rings is 1. The molecule has 0 saturated heterocycles. The van der Waals surface area contributed by atoms with E-state index in [1.807, 2.05) is 56.3 Å². The van der Waals surface area contributed by atoms with Crippen LogP contribution in [-0.4, -0.2) is 11.1 Å². The molecule has 0 spiro atoms. The Kier molecular flexibility index (Phi) is 3.74. The van der Waals surface area contributed by atoms with Gasteiger partial charge in [-0.05, 0) is 43.7 Å². The molecule has 3 rings (SSSR count). The number of benzene rings is 2. The summed E-state index contributed by atoms with van der Waals surface area (Å²) < 4.78 is 5.24. The van der Waals surface area contributed by atoms with Crippen molar-refractivity contribution in [1.29, 1.82) is 0 Å². The number of carbonyl (C=O) groups is 1. The second-order valence-electron chi connectivity index (χ2n) is 5.09. The van der Waals surface area contributed by atoms with Crippen molar-refractivity contribution in [3.8, 4) is 5.75 Å². The van der Waals surface area contributed by atoms with Crippen LogP contribution < -0.4 is 10.1 Å². The number of aryl methyl sites for hydroxylation is 2. The van der Waals surface area contributed by atoms with Crippen LogP contribution in [0, 0.1) is 13.8 Å². The summed E-state index contributed by atoms with van der Waals surface area (Å²) in [5.74, 6) is 0.502. The first-order valence-corrected chi connectivity index (χ1v) is 7.04. The number of rotatable bonds is 2. The Morgan fingerprint density at radius 3 is 2.59 bits per heavy atom. The Bertz CT molecular complexity index is 829. The quantitative estimate of drug-likeness (QED) is 0.758. The molecule has 0 aliphatic rings. The van der Waals surface area contributed by atoms with Gasteiger partial charge in [0.15, 0.2) is 0 Å². The molecule has 4 nitrogen and oxygen atoms in total. The van der Waals surface area contributed by atoms with Crippen molar-refractivity contribution in [2.75, 3.05) is 5.32 Å². The largest absolute Gasteiger partial charge is 0.417 e. The number of hydrogen-bond acceptors (Lipinski definition) is 3. The summed E-state index contributed by atoms with van der Waals surface area (Å²) in [6.45, 7) is 3.88. The van der Waals surface area contributed by atoms with Gasteiger partial charge < -0.3 is 4.74 Å². The molecule has 0 aliphatic carbocycles. The van der Waals surface area contributed by atoms with Crippen LogP contribution in [0.2, 0.25) is 0 Å². The van der Waals surface area contributed by atoms with Gasteiger partial charge in [-0.2, -0.15) is 0 Å². The number of amides is 1. The molecule has 1 N–H and O–H groups in total. The van der Waals surface area contributed by atoms with Crippen molar-refractivity contribution in [3.63, 3.8) is 0 Å².